The predicted octanol–water partition coefficient (Wildman–Crippen LogP) is 6.44. The molecule has 49 heavy (non-hydrogen) atoms. The molecule has 0 bridgehead atoms. The number of carbonyl (C=O) groups is 2. The highest BCUT2D eigenvalue weighted by Crippen LogP contribution is 2.30. The number of pyridine rings is 1. The van der Waals surface area contributed by atoms with Crippen molar-refractivity contribution < 1.29 is 32.2 Å². The van der Waals surface area contributed by atoms with Gasteiger partial charge in [-0.05, 0) is 93.7 Å². The molecule has 2 fully saturated rings. The molecule has 3 N–H and O–H groups in total. The molecule has 0 unspecified atom stereocenters. The average molecular weight is 674 g/mol. The van der Waals surface area contributed by atoms with E-state index in [4.69, 9.17) is 15.2 Å². The van der Waals surface area contributed by atoms with Crippen LogP contribution in [0.15, 0.2) is 83.7 Å². The first kappa shape index (κ1) is 34.0. The van der Waals surface area contributed by atoms with E-state index in [1.54, 1.807) is 0 Å². The molecule has 6 rings (SSSR count). The van der Waals surface area contributed by atoms with Gasteiger partial charge in [-0.15, -0.1) is 0 Å². The van der Waals surface area contributed by atoms with Crippen LogP contribution in [0.1, 0.15) is 72.9 Å². The number of ketones is 1. The Morgan fingerprint density at radius 3 is 2.14 bits per heavy atom. The summed E-state index contributed by atoms with van der Waals surface area (Å²) in [7, 11) is 0. The minimum atomic E-state index is -1.10. The number of benzene rings is 3. The van der Waals surface area contributed by atoms with Gasteiger partial charge in [0.25, 0.3) is 5.56 Å². The molecule has 1 aromatic heterocycles. The number of halogens is 3. The molecule has 8 nitrogen and oxygen atoms in total. The molecular weight excluding hydrogens is 635 g/mol. The molecule has 2 aliphatic carbocycles. The van der Waals surface area contributed by atoms with Crippen LogP contribution in [0.3, 0.4) is 0 Å². The van der Waals surface area contributed by atoms with Crippen LogP contribution >= 0.6 is 0 Å². The van der Waals surface area contributed by atoms with Crippen molar-refractivity contribution in [2.24, 2.45) is 0 Å². The van der Waals surface area contributed by atoms with Gasteiger partial charge in [0.15, 0.2) is 17.4 Å². The van der Waals surface area contributed by atoms with Crippen molar-refractivity contribution in [2.45, 2.75) is 82.1 Å². The molecule has 4 aromatic rings. The third-order valence-electron chi connectivity index (χ3n) is 9.26. The highest BCUT2D eigenvalue weighted by atomic mass is 19.1. The fourth-order valence-electron chi connectivity index (χ4n) is 6.69. The van der Waals surface area contributed by atoms with Crippen LogP contribution in [-0.4, -0.2) is 40.6 Å². The first-order chi connectivity index (χ1) is 23.7. The van der Waals surface area contributed by atoms with Crippen molar-refractivity contribution in [3.05, 3.63) is 123 Å². The van der Waals surface area contributed by atoms with Crippen LogP contribution < -0.4 is 21.3 Å². The number of nitrogen functional groups attached to an aromatic ring is 1. The maximum absolute atomic E-state index is 15.5. The van der Waals surface area contributed by atoms with Gasteiger partial charge in [-0.1, -0.05) is 30.3 Å². The average Bonchev–Trinajstić information content (AvgIpc) is 3.60. The lowest BCUT2D eigenvalue weighted by Crippen LogP contribution is -2.48. The van der Waals surface area contributed by atoms with Crippen molar-refractivity contribution in [2.75, 3.05) is 5.73 Å². The van der Waals surface area contributed by atoms with Gasteiger partial charge in [0.2, 0.25) is 0 Å². The van der Waals surface area contributed by atoms with E-state index >= 15 is 8.78 Å². The molecule has 0 saturated heterocycles. The number of nitrogens with zero attached hydrogens (tertiary/aromatic N) is 1. The molecule has 1 heterocycles. The lowest BCUT2D eigenvalue weighted by atomic mass is 9.91. The van der Waals surface area contributed by atoms with Gasteiger partial charge in [0.05, 0.1) is 11.7 Å². The summed E-state index contributed by atoms with van der Waals surface area (Å²) < 4.78 is 56.8. The van der Waals surface area contributed by atoms with Crippen LogP contribution in [0.2, 0.25) is 0 Å². The number of hydrogen-bond acceptors (Lipinski definition) is 7. The summed E-state index contributed by atoms with van der Waals surface area (Å²) in [6.07, 6.45) is 6.57. The molecule has 1 atom stereocenters. The Bertz CT molecular complexity index is 1830. The number of nitrogens with two attached hydrogens (primary N) is 1. The fourth-order valence-corrected chi connectivity index (χ4v) is 6.69. The van der Waals surface area contributed by atoms with Crippen LogP contribution in [0.4, 0.5) is 19.0 Å². The van der Waals surface area contributed by atoms with Crippen LogP contribution in [0.25, 0.3) is 5.69 Å². The van der Waals surface area contributed by atoms with Crippen LogP contribution in [-0.2, 0) is 16.0 Å². The number of carbonyl (C=O) groups excluding carboxylic acids is 2. The first-order valence-electron chi connectivity index (χ1n) is 16.6. The predicted molar refractivity (Wildman–Crippen MR) is 178 cm³/mol. The number of anilines is 1. The molecule has 11 heteroatoms. The van der Waals surface area contributed by atoms with E-state index < -0.39 is 46.3 Å². The third kappa shape index (κ3) is 8.05. The minimum Gasteiger partial charge on any atom is -0.490 e. The van der Waals surface area contributed by atoms with Crippen LogP contribution in [0.5, 0.6) is 5.75 Å². The van der Waals surface area contributed by atoms with Crippen molar-refractivity contribution >= 4 is 17.6 Å². The van der Waals surface area contributed by atoms with E-state index in [-0.39, 0.29) is 41.1 Å². The molecule has 0 amide bonds. The standard InChI is InChI=1S/C38H38F3N3O5/c39-25-12-10-24(11-13-25)36(46)30-18-19-34(45)44(37(30)42)35-31(40)21-29(22-32(35)41)48-28-16-14-26(15-17-28)43-33(20-23-6-2-1-3-7-23)38(47)49-27-8-4-5-9-27/h1-3,6-7,10-13,18-19,21-22,26-28,33,43H,4-5,8-9,14-17,20,42H2/t26?,28?,33-/m0/s1. The number of rotatable bonds is 11. The summed E-state index contributed by atoms with van der Waals surface area (Å²) in [6.45, 7) is 0. The Hall–Kier alpha value is -4.90. The zero-order valence-electron chi connectivity index (χ0n) is 26.9. The van der Waals surface area contributed by atoms with Crippen molar-refractivity contribution in [1.29, 1.82) is 0 Å². The quantitative estimate of drug-likeness (QED) is 0.139. The van der Waals surface area contributed by atoms with E-state index in [0.717, 1.165) is 61.6 Å². The van der Waals surface area contributed by atoms with Crippen molar-refractivity contribution in [1.82, 2.24) is 9.88 Å². The number of esters is 1. The Kier molecular flexibility index (Phi) is 10.5. The van der Waals surface area contributed by atoms with Gasteiger partial charge < -0.3 is 20.5 Å². The second kappa shape index (κ2) is 15.1. The molecule has 2 aliphatic rings. The van der Waals surface area contributed by atoms with E-state index in [9.17, 15) is 18.8 Å². The minimum absolute atomic E-state index is 0.0280. The maximum atomic E-state index is 15.5. The highest BCUT2D eigenvalue weighted by molar-refractivity contribution is 6.11. The lowest BCUT2D eigenvalue weighted by Gasteiger charge is -2.32. The number of hydrogen-bond donors (Lipinski definition) is 2. The lowest BCUT2D eigenvalue weighted by molar-refractivity contribution is -0.151. The van der Waals surface area contributed by atoms with Crippen LogP contribution in [0, 0.1) is 17.5 Å². The molecule has 0 aliphatic heterocycles. The first-order valence-corrected chi connectivity index (χ1v) is 16.6. The van der Waals surface area contributed by atoms with Crippen molar-refractivity contribution in [3.63, 3.8) is 0 Å². The SMILES string of the molecule is Nc1c(C(=O)c2ccc(F)cc2)ccc(=O)n1-c1c(F)cc(OC2CCC(N[C@@H](Cc3ccccc3)C(=O)OC3CCCC3)CC2)cc1F. The Morgan fingerprint density at radius 1 is 0.837 bits per heavy atom. The van der Waals surface area contributed by atoms with Gasteiger partial charge in [0, 0.05) is 29.8 Å². The third-order valence-corrected chi connectivity index (χ3v) is 9.26. The molecule has 3 aromatic carbocycles. The summed E-state index contributed by atoms with van der Waals surface area (Å²) >= 11 is 0. The van der Waals surface area contributed by atoms with Gasteiger partial charge in [-0.25, -0.2) is 13.2 Å². The summed E-state index contributed by atoms with van der Waals surface area (Å²) in [4.78, 5) is 39.0. The summed E-state index contributed by atoms with van der Waals surface area (Å²) in [5.74, 6) is -4.15. The summed E-state index contributed by atoms with van der Waals surface area (Å²) in [5.41, 5.74) is 5.48. The smallest absolute Gasteiger partial charge is 0.323 e. The molecular formula is C38H38F3N3O5. The normalized spacial score (nSPS) is 18.6. The molecule has 256 valence electrons. The molecule has 2 saturated carbocycles. The Labute approximate surface area is 282 Å². The Morgan fingerprint density at radius 2 is 1.49 bits per heavy atom. The summed E-state index contributed by atoms with van der Waals surface area (Å²) in [6, 6.07) is 18.1. The monoisotopic (exact) mass is 673 g/mol. The van der Waals surface area contributed by atoms with E-state index in [1.165, 1.54) is 18.2 Å². The van der Waals surface area contributed by atoms with Crippen molar-refractivity contribution in [3.8, 4) is 11.4 Å². The van der Waals surface area contributed by atoms with E-state index in [0.29, 0.717) is 36.7 Å². The highest BCUT2D eigenvalue weighted by Gasteiger charge is 2.31. The fraction of sp³-hybridized carbons (Fsp3) is 0.342. The van der Waals surface area contributed by atoms with Gasteiger partial charge in [-0.2, -0.15) is 0 Å². The second-order valence-electron chi connectivity index (χ2n) is 12.7. The maximum Gasteiger partial charge on any atom is 0.323 e. The van der Waals surface area contributed by atoms with Gasteiger partial charge in [-0.3, -0.25) is 19.0 Å². The molecule has 0 radical (unpaired) electrons. The number of ether oxygens (including phenoxy) is 2. The Balaban J connectivity index is 1.12. The zero-order valence-corrected chi connectivity index (χ0v) is 26.9. The van der Waals surface area contributed by atoms with Gasteiger partial charge >= 0.3 is 5.97 Å². The van der Waals surface area contributed by atoms with E-state index in [1.807, 2.05) is 30.3 Å². The zero-order chi connectivity index (χ0) is 34.5. The van der Waals surface area contributed by atoms with Gasteiger partial charge in [0.1, 0.15) is 35.2 Å². The number of nitrogens with one attached hydrogen (secondary N) is 1. The molecule has 0 spiro atoms. The largest absolute Gasteiger partial charge is 0.490 e. The number of aromatic nitrogens is 1. The topological polar surface area (TPSA) is 113 Å². The summed E-state index contributed by atoms with van der Waals surface area (Å²) in [5, 5.41) is 3.51. The van der Waals surface area contributed by atoms with E-state index in [2.05, 4.69) is 5.32 Å². The second-order valence-corrected chi connectivity index (χ2v) is 12.7.